The van der Waals surface area contributed by atoms with Crippen LogP contribution in [0.1, 0.15) is 69.2 Å². The standard InChI is InChI=1S/C32H38F3NO4/c1-3-4-7-21-39-29-17-14-25(15-18-29)28-16-19-30(36-23-28)26-10-12-27(13-11-26)31(37)40-22-9-6-5-8-20-38-24(2)32(33,34)35/h10-19,23-24H,3-9,20-22H2,1-2H3. The van der Waals surface area contributed by atoms with Crippen LogP contribution in [0.5, 0.6) is 5.75 Å². The summed E-state index contributed by atoms with van der Waals surface area (Å²) < 4.78 is 53.1. The maximum Gasteiger partial charge on any atom is 0.414 e. The van der Waals surface area contributed by atoms with Gasteiger partial charge < -0.3 is 14.2 Å². The van der Waals surface area contributed by atoms with Gasteiger partial charge in [0.05, 0.1) is 24.5 Å². The molecule has 0 aliphatic heterocycles. The van der Waals surface area contributed by atoms with E-state index in [2.05, 4.69) is 11.9 Å². The summed E-state index contributed by atoms with van der Waals surface area (Å²) in [6.07, 6.45) is 1.78. The van der Waals surface area contributed by atoms with Gasteiger partial charge in [0.25, 0.3) is 0 Å². The zero-order valence-electron chi connectivity index (χ0n) is 23.2. The molecule has 8 heteroatoms. The normalized spacial score (nSPS) is 12.2. The van der Waals surface area contributed by atoms with Gasteiger partial charge in [-0.3, -0.25) is 4.98 Å². The molecule has 3 aromatic rings. The number of pyridine rings is 1. The molecule has 0 N–H and O–H groups in total. The fraction of sp³-hybridized carbons (Fsp3) is 0.438. The number of halogens is 3. The second-order valence-corrected chi connectivity index (χ2v) is 9.69. The van der Waals surface area contributed by atoms with Gasteiger partial charge in [-0.25, -0.2) is 4.79 Å². The SMILES string of the molecule is CCCCCOc1ccc(-c2ccc(-c3ccc(C(=O)OCCCCCCOC(C)C(F)(F)F)cc3)nc2)cc1. The lowest BCUT2D eigenvalue weighted by atomic mass is 10.0. The summed E-state index contributed by atoms with van der Waals surface area (Å²) in [7, 11) is 0. The third kappa shape index (κ3) is 10.3. The first-order chi connectivity index (χ1) is 19.3. The second kappa shape index (κ2) is 16.0. The predicted octanol–water partition coefficient (Wildman–Crippen LogP) is 8.67. The molecule has 0 saturated heterocycles. The highest BCUT2D eigenvalue weighted by molar-refractivity contribution is 5.90. The van der Waals surface area contributed by atoms with Gasteiger partial charge >= 0.3 is 12.1 Å². The Labute approximate surface area is 234 Å². The molecule has 1 atom stereocenters. The summed E-state index contributed by atoms with van der Waals surface area (Å²) in [5, 5.41) is 0. The maximum absolute atomic E-state index is 12.4. The third-order valence-electron chi connectivity index (χ3n) is 6.48. The molecule has 216 valence electrons. The summed E-state index contributed by atoms with van der Waals surface area (Å²) >= 11 is 0. The lowest BCUT2D eigenvalue weighted by molar-refractivity contribution is -0.214. The minimum atomic E-state index is -4.33. The molecule has 0 fully saturated rings. The molecule has 3 rings (SSSR count). The zero-order valence-corrected chi connectivity index (χ0v) is 23.2. The number of alkyl halides is 3. The lowest BCUT2D eigenvalue weighted by Crippen LogP contribution is -2.28. The molecule has 0 bridgehead atoms. The minimum Gasteiger partial charge on any atom is -0.494 e. The fourth-order valence-corrected chi connectivity index (χ4v) is 3.96. The van der Waals surface area contributed by atoms with Crippen molar-refractivity contribution in [3.63, 3.8) is 0 Å². The van der Waals surface area contributed by atoms with Crippen LogP contribution in [-0.4, -0.2) is 43.1 Å². The molecule has 1 unspecified atom stereocenters. The van der Waals surface area contributed by atoms with Crippen LogP contribution in [0.25, 0.3) is 22.4 Å². The number of hydrogen-bond donors (Lipinski definition) is 0. The first-order valence-corrected chi connectivity index (χ1v) is 13.9. The van der Waals surface area contributed by atoms with Crippen LogP contribution < -0.4 is 4.74 Å². The van der Waals surface area contributed by atoms with E-state index >= 15 is 0 Å². The molecular weight excluding hydrogens is 519 g/mol. The van der Waals surface area contributed by atoms with E-state index in [0.717, 1.165) is 54.5 Å². The Morgan fingerprint density at radius 1 is 0.775 bits per heavy atom. The molecule has 40 heavy (non-hydrogen) atoms. The highest BCUT2D eigenvalue weighted by Gasteiger charge is 2.36. The Bertz CT molecular complexity index is 1150. The summed E-state index contributed by atoms with van der Waals surface area (Å²) in [6, 6.07) is 19.1. The van der Waals surface area contributed by atoms with Crippen LogP contribution in [0.4, 0.5) is 13.2 Å². The Balaban J connectivity index is 1.39. The number of unbranched alkanes of at least 4 members (excludes halogenated alkanes) is 5. The second-order valence-electron chi connectivity index (χ2n) is 9.69. The highest BCUT2D eigenvalue weighted by atomic mass is 19.4. The van der Waals surface area contributed by atoms with Gasteiger partial charge in [-0.05, 0) is 68.5 Å². The number of nitrogens with zero attached hydrogens (tertiary/aromatic N) is 1. The number of carbonyl (C=O) groups excluding carboxylic acids is 1. The van der Waals surface area contributed by atoms with E-state index in [1.54, 1.807) is 12.1 Å². The van der Waals surface area contributed by atoms with Gasteiger partial charge in [0.1, 0.15) is 5.75 Å². The number of hydrogen-bond acceptors (Lipinski definition) is 5. The van der Waals surface area contributed by atoms with Gasteiger partial charge in [-0.2, -0.15) is 13.2 Å². The molecule has 5 nitrogen and oxygen atoms in total. The third-order valence-corrected chi connectivity index (χ3v) is 6.48. The van der Waals surface area contributed by atoms with E-state index < -0.39 is 18.2 Å². The first-order valence-electron chi connectivity index (χ1n) is 13.9. The van der Waals surface area contributed by atoms with E-state index in [1.807, 2.05) is 54.7 Å². The summed E-state index contributed by atoms with van der Waals surface area (Å²) in [4.78, 5) is 16.9. The van der Waals surface area contributed by atoms with Crippen molar-refractivity contribution >= 4 is 5.97 Å². The Morgan fingerprint density at radius 2 is 1.40 bits per heavy atom. The smallest absolute Gasteiger partial charge is 0.414 e. The van der Waals surface area contributed by atoms with Crippen LogP contribution in [0.2, 0.25) is 0 Å². The maximum atomic E-state index is 12.4. The molecule has 1 heterocycles. The van der Waals surface area contributed by atoms with Gasteiger partial charge in [0.2, 0.25) is 0 Å². The number of aromatic nitrogens is 1. The highest BCUT2D eigenvalue weighted by Crippen LogP contribution is 2.25. The van der Waals surface area contributed by atoms with E-state index in [4.69, 9.17) is 14.2 Å². The zero-order chi connectivity index (χ0) is 28.8. The first kappa shape index (κ1) is 31.1. The van der Waals surface area contributed by atoms with E-state index in [1.165, 1.54) is 12.8 Å². The van der Waals surface area contributed by atoms with Crippen molar-refractivity contribution < 1.29 is 32.2 Å². The van der Waals surface area contributed by atoms with E-state index in [-0.39, 0.29) is 13.2 Å². The fourth-order valence-electron chi connectivity index (χ4n) is 3.96. The summed E-state index contributed by atoms with van der Waals surface area (Å²) in [6.45, 7) is 4.23. The van der Waals surface area contributed by atoms with Gasteiger partial charge in [-0.1, -0.05) is 56.5 Å². The largest absolute Gasteiger partial charge is 0.494 e. The van der Waals surface area contributed by atoms with Gasteiger partial charge in [-0.15, -0.1) is 0 Å². The molecule has 0 spiro atoms. The molecule has 0 aliphatic carbocycles. The molecule has 0 aliphatic rings. The van der Waals surface area contributed by atoms with Crippen molar-refractivity contribution in [2.24, 2.45) is 0 Å². The number of carbonyl (C=O) groups is 1. The van der Waals surface area contributed by atoms with Gasteiger partial charge in [0, 0.05) is 23.9 Å². The summed E-state index contributed by atoms with van der Waals surface area (Å²) in [5.74, 6) is 0.459. The monoisotopic (exact) mass is 557 g/mol. The molecular formula is C32H38F3NO4. The van der Waals surface area contributed by atoms with Crippen LogP contribution in [0.15, 0.2) is 66.9 Å². The van der Waals surface area contributed by atoms with Crippen molar-refractivity contribution in [2.75, 3.05) is 19.8 Å². The predicted molar refractivity (Wildman–Crippen MR) is 150 cm³/mol. The van der Waals surface area contributed by atoms with Crippen LogP contribution in [-0.2, 0) is 9.47 Å². The molecule has 1 aromatic heterocycles. The number of ether oxygens (including phenoxy) is 3. The Kier molecular flexibility index (Phi) is 12.5. The Hall–Kier alpha value is -3.39. The minimum absolute atomic E-state index is 0.0617. The number of benzene rings is 2. The van der Waals surface area contributed by atoms with Crippen molar-refractivity contribution in [1.82, 2.24) is 4.98 Å². The quantitative estimate of drug-likeness (QED) is 0.130. The molecule has 0 saturated carbocycles. The molecule has 0 radical (unpaired) electrons. The molecule has 2 aromatic carbocycles. The lowest BCUT2D eigenvalue weighted by Gasteiger charge is -2.16. The number of rotatable bonds is 16. The van der Waals surface area contributed by atoms with E-state index in [9.17, 15) is 18.0 Å². The molecule has 0 amide bonds. The van der Waals surface area contributed by atoms with Crippen molar-refractivity contribution in [3.05, 3.63) is 72.4 Å². The van der Waals surface area contributed by atoms with Crippen molar-refractivity contribution in [2.45, 2.75) is 71.1 Å². The van der Waals surface area contributed by atoms with Crippen LogP contribution in [0.3, 0.4) is 0 Å². The Morgan fingerprint density at radius 3 is 2.02 bits per heavy atom. The average molecular weight is 558 g/mol. The van der Waals surface area contributed by atoms with Crippen LogP contribution >= 0.6 is 0 Å². The average Bonchev–Trinajstić information content (AvgIpc) is 2.96. The number of esters is 1. The topological polar surface area (TPSA) is 57.7 Å². The summed E-state index contributed by atoms with van der Waals surface area (Å²) in [5.41, 5.74) is 4.20. The van der Waals surface area contributed by atoms with Gasteiger partial charge in [0.15, 0.2) is 6.10 Å². The van der Waals surface area contributed by atoms with E-state index in [0.29, 0.717) is 24.8 Å². The van der Waals surface area contributed by atoms with Crippen molar-refractivity contribution in [3.8, 4) is 28.1 Å². The van der Waals surface area contributed by atoms with Crippen LogP contribution in [0, 0.1) is 0 Å². The van der Waals surface area contributed by atoms with Crippen molar-refractivity contribution in [1.29, 1.82) is 0 Å².